The largest absolute Gasteiger partial charge is 0.422 e. The molecular formula is C7H2ClN3O7. The van der Waals surface area contributed by atoms with Crippen LogP contribution in [0.4, 0.5) is 17.1 Å². The molecule has 0 aliphatic rings. The van der Waals surface area contributed by atoms with Crippen molar-refractivity contribution >= 4 is 33.9 Å². The Morgan fingerprint density at radius 3 is 1.56 bits per heavy atom. The Morgan fingerprint density at radius 1 is 0.944 bits per heavy atom. The zero-order valence-electron chi connectivity index (χ0n) is 8.23. The third-order valence-corrected chi connectivity index (χ3v) is 2.09. The normalized spacial score (nSPS) is 9.83. The second kappa shape index (κ2) is 4.71. The minimum Gasteiger partial charge on any atom is -0.276 e. The summed E-state index contributed by atoms with van der Waals surface area (Å²) >= 11 is 5.03. The standard InChI is InChI=1S/C7H2ClN3O7/c8-7(12)3-1-4(9(13)14)6(11(17)18)5(2-3)10(15)16/h1-2H. The predicted octanol–water partition coefficient (Wildman–Crippen LogP) is 1.79. The van der Waals surface area contributed by atoms with Crippen molar-refractivity contribution in [1.29, 1.82) is 0 Å². The van der Waals surface area contributed by atoms with Gasteiger partial charge in [-0.3, -0.25) is 35.1 Å². The van der Waals surface area contributed by atoms with E-state index in [-0.39, 0.29) is 0 Å². The Labute approximate surface area is 102 Å². The third kappa shape index (κ3) is 2.38. The van der Waals surface area contributed by atoms with E-state index < -0.39 is 42.6 Å². The van der Waals surface area contributed by atoms with Crippen LogP contribution in [0.15, 0.2) is 12.1 Å². The predicted molar refractivity (Wildman–Crippen MR) is 56.6 cm³/mol. The maximum absolute atomic E-state index is 10.8. The zero-order valence-corrected chi connectivity index (χ0v) is 8.99. The van der Waals surface area contributed by atoms with Gasteiger partial charge in [-0.05, 0) is 11.6 Å². The Balaban J connectivity index is 3.76. The molecule has 0 aliphatic heterocycles. The first-order valence-corrected chi connectivity index (χ1v) is 4.44. The zero-order chi connectivity index (χ0) is 14.0. The molecule has 0 saturated heterocycles. The topological polar surface area (TPSA) is 146 Å². The highest BCUT2D eigenvalue weighted by Gasteiger charge is 2.37. The van der Waals surface area contributed by atoms with Crippen molar-refractivity contribution in [3.8, 4) is 0 Å². The maximum atomic E-state index is 10.8. The summed E-state index contributed by atoms with van der Waals surface area (Å²) in [5, 5.41) is 30.6. The number of halogens is 1. The molecule has 0 unspecified atom stereocenters. The molecule has 0 bridgehead atoms. The minimum absolute atomic E-state index is 0.514. The summed E-state index contributed by atoms with van der Waals surface area (Å²) in [4.78, 5) is 39.0. The van der Waals surface area contributed by atoms with Crippen molar-refractivity contribution in [3.63, 3.8) is 0 Å². The average molecular weight is 276 g/mol. The molecule has 10 nitrogen and oxygen atoms in total. The number of nitro groups is 3. The highest BCUT2D eigenvalue weighted by molar-refractivity contribution is 6.67. The molecule has 94 valence electrons. The molecule has 0 spiro atoms. The van der Waals surface area contributed by atoms with Crippen LogP contribution in [0.5, 0.6) is 0 Å². The summed E-state index contributed by atoms with van der Waals surface area (Å²) in [6.45, 7) is 0. The number of benzene rings is 1. The Kier molecular flexibility index (Phi) is 3.52. The number of rotatable bonds is 4. The van der Waals surface area contributed by atoms with E-state index in [2.05, 4.69) is 0 Å². The van der Waals surface area contributed by atoms with Gasteiger partial charge in [-0.25, -0.2) is 0 Å². The van der Waals surface area contributed by atoms with Gasteiger partial charge in [0.15, 0.2) is 0 Å². The van der Waals surface area contributed by atoms with Crippen LogP contribution in [-0.4, -0.2) is 20.0 Å². The molecule has 0 N–H and O–H groups in total. The highest BCUT2D eigenvalue weighted by Crippen LogP contribution is 2.37. The summed E-state index contributed by atoms with van der Waals surface area (Å²) < 4.78 is 0. The summed E-state index contributed by atoms with van der Waals surface area (Å²) in [6.07, 6.45) is 0. The molecule has 1 rings (SSSR count). The molecule has 1 aromatic carbocycles. The van der Waals surface area contributed by atoms with Gasteiger partial charge < -0.3 is 0 Å². The average Bonchev–Trinajstić information content (AvgIpc) is 2.26. The number of nitro benzene ring substituents is 3. The molecule has 0 atom stereocenters. The van der Waals surface area contributed by atoms with Gasteiger partial charge in [-0.1, -0.05) is 0 Å². The lowest BCUT2D eigenvalue weighted by Gasteiger charge is -1.98. The van der Waals surface area contributed by atoms with Crippen LogP contribution in [0.3, 0.4) is 0 Å². The lowest BCUT2D eigenvalue weighted by molar-refractivity contribution is -0.441. The van der Waals surface area contributed by atoms with E-state index in [1.807, 2.05) is 0 Å². The van der Waals surface area contributed by atoms with Gasteiger partial charge in [0.25, 0.3) is 5.24 Å². The van der Waals surface area contributed by atoms with E-state index in [9.17, 15) is 35.1 Å². The molecule has 11 heteroatoms. The van der Waals surface area contributed by atoms with E-state index in [1.54, 1.807) is 0 Å². The van der Waals surface area contributed by atoms with E-state index >= 15 is 0 Å². The molecule has 0 fully saturated rings. The molecule has 18 heavy (non-hydrogen) atoms. The van der Waals surface area contributed by atoms with Crippen molar-refractivity contribution in [2.45, 2.75) is 0 Å². The van der Waals surface area contributed by atoms with Crippen LogP contribution in [-0.2, 0) is 0 Å². The number of carbonyl (C=O) groups is 1. The Hall–Kier alpha value is -2.62. The molecule has 0 aromatic heterocycles. The van der Waals surface area contributed by atoms with Gasteiger partial charge in [-0.15, -0.1) is 0 Å². The lowest BCUT2D eigenvalue weighted by atomic mass is 10.1. The van der Waals surface area contributed by atoms with E-state index in [1.165, 1.54) is 0 Å². The van der Waals surface area contributed by atoms with E-state index in [4.69, 9.17) is 11.6 Å². The first kappa shape index (κ1) is 13.4. The summed E-state index contributed by atoms with van der Waals surface area (Å²) in [6, 6.07) is 1.03. The number of hydrogen-bond acceptors (Lipinski definition) is 7. The smallest absolute Gasteiger partial charge is 0.276 e. The van der Waals surface area contributed by atoms with E-state index in [0.717, 1.165) is 0 Å². The van der Waals surface area contributed by atoms with Gasteiger partial charge in [-0.2, -0.15) is 0 Å². The summed E-state index contributed by atoms with van der Waals surface area (Å²) in [5.41, 5.74) is -4.20. The third-order valence-electron chi connectivity index (χ3n) is 1.87. The second-order valence-corrected chi connectivity index (χ2v) is 3.25. The van der Waals surface area contributed by atoms with Crippen molar-refractivity contribution in [3.05, 3.63) is 48.0 Å². The fourth-order valence-corrected chi connectivity index (χ4v) is 1.29. The molecule has 1 aromatic rings. The lowest BCUT2D eigenvalue weighted by Crippen LogP contribution is -2.04. The van der Waals surface area contributed by atoms with Crippen LogP contribution in [0.2, 0.25) is 0 Å². The highest BCUT2D eigenvalue weighted by atomic mass is 35.5. The van der Waals surface area contributed by atoms with Gasteiger partial charge >= 0.3 is 17.1 Å². The first-order chi connectivity index (χ1) is 8.25. The van der Waals surface area contributed by atoms with Gasteiger partial charge in [0.2, 0.25) is 0 Å². The van der Waals surface area contributed by atoms with Crippen LogP contribution in [0, 0.1) is 30.3 Å². The monoisotopic (exact) mass is 275 g/mol. The Morgan fingerprint density at radius 2 is 1.33 bits per heavy atom. The summed E-state index contributed by atoms with van der Waals surface area (Å²) in [5.74, 6) is 0. The van der Waals surface area contributed by atoms with Crippen molar-refractivity contribution in [2.24, 2.45) is 0 Å². The number of hydrogen-bond donors (Lipinski definition) is 0. The summed E-state index contributed by atoms with van der Waals surface area (Å²) in [7, 11) is 0. The maximum Gasteiger partial charge on any atom is 0.422 e. The minimum atomic E-state index is -1.30. The quantitative estimate of drug-likeness (QED) is 0.462. The van der Waals surface area contributed by atoms with Crippen LogP contribution in [0.1, 0.15) is 10.4 Å². The molecule has 0 saturated carbocycles. The van der Waals surface area contributed by atoms with Crippen LogP contribution < -0.4 is 0 Å². The number of nitrogens with zero attached hydrogens (tertiary/aromatic N) is 3. The Bertz CT molecular complexity index is 549. The fraction of sp³-hybridized carbons (Fsp3) is 0. The van der Waals surface area contributed by atoms with Crippen molar-refractivity contribution < 1.29 is 19.6 Å². The molecular weight excluding hydrogens is 274 g/mol. The first-order valence-electron chi connectivity index (χ1n) is 4.06. The van der Waals surface area contributed by atoms with Crippen molar-refractivity contribution in [2.75, 3.05) is 0 Å². The molecule has 0 radical (unpaired) electrons. The molecule has 0 heterocycles. The second-order valence-electron chi connectivity index (χ2n) is 2.91. The van der Waals surface area contributed by atoms with Gasteiger partial charge in [0.1, 0.15) is 0 Å². The SMILES string of the molecule is O=C(Cl)c1cc([N+](=O)[O-])c([N+](=O)[O-])c([N+](=O)[O-])c1. The van der Waals surface area contributed by atoms with Gasteiger partial charge in [0, 0.05) is 17.7 Å². The number of carbonyl (C=O) groups excluding carboxylic acids is 1. The van der Waals surface area contributed by atoms with Gasteiger partial charge in [0.05, 0.1) is 14.8 Å². The van der Waals surface area contributed by atoms with E-state index in [0.29, 0.717) is 12.1 Å². The van der Waals surface area contributed by atoms with Crippen molar-refractivity contribution in [1.82, 2.24) is 0 Å². The fourth-order valence-electron chi connectivity index (χ4n) is 1.18. The molecule has 0 amide bonds. The van der Waals surface area contributed by atoms with Crippen LogP contribution >= 0.6 is 11.6 Å². The van der Waals surface area contributed by atoms with Crippen LogP contribution in [0.25, 0.3) is 0 Å². The molecule has 0 aliphatic carbocycles.